The second-order valence-electron chi connectivity index (χ2n) is 6.23. The molecule has 1 aromatic rings. The molecular formula is C18H24NOSY-. The van der Waals surface area contributed by atoms with Gasteiger partial charge in [-0.15, -0.1) is 0 Å². The average molecular weight is 391 g/mol. The number of fused-ring (bicyclic) bond motifs is 1. The van der Waals surface area contributed by atoms with Crippen molar-refractivity contribution in [3.8, 4) is 0 Å². The van der Waals surface area contributed by atoms with E-state index in [0.29, 0.717) is 6.04 Å². The van der Waals surface area contributed by atoms with E-state index in [1.54, 1.807) is 0 Å². The molecule has 3 rings (SSSR count). The van der Waals surface area contributed by atoms with Gasteiger partial charge >= 0.3 is 0 Å². The molecule has 1 aromatic carbocycles. The number of thiocarbonyl (C=S) groups is 1. The number of unbranched alkanes of at least 4 members (excludes halogenated alkanes) is 3. The van der Waals surface area contributed by atoms with Gasteiger partial charge in [0.1, 0.15) is 0 Å². The molecule has 2 nitrogen and oxygen atoms in total. The maximum atomic E-state index is 9.91. The molecule has 1 heterocycles. The molecule has 1 saturated heterocycles. The van der Waals surface area contributed by atoms with Gasteiger partial charge in [0, 0.05) is 45.7 Å². The summed E-state index contributed by atoms with van der Waals surface area (Å²) in [6.07, 6.45) is 7.31. The van der Waals surface area contributed by atoms with Gasteiger partial charge in [0.05, 0.1) is 17.1 Å². The molecule has 0 bridgehead atoms. The van der Waals surface area contributed by atoms with Crippen molar-refractivity contribution in [2.45, 2.75) is 57.1 Å². The van der Waals surface area contributed by atoms with E-state index in [9.17, 15) is 5.11 Å². The maximum Gasteiger partial charge on any atom is 0.0808 e. The SMILES string of the molecule is [CH2-]CCCCCN1C(=S)C[C@@H]1c1ccc2c(c1)CCC2O.[Y]. The first kappa shape index (κ1) is 18.5. The van der Waals surface area contributed by atoms with E-state index in [1.807, 2.05) is 0 Å². The van der Waals surface area contributed by atoms with Crippen molar-refractivity contribution in [3.63, 3.8) is 0 Å². The fraction of sp³-hybridized carbons (Fsp3) is 0.556. The molecule has 0 saturated carbocycles. The van der Waals surface area contributed by atoms with E-state index in [0.717, 1.165) is 42.8 Å². The second kappa shape index (κ2) is 8.32. The van der Waals surface area contributed by atoms with Crippen molar-refractivity contribution < 1.29 is 37.8 Å². The Balaban J connectivity index is 0.00000176. The smallest absolute Gasteiger partial charge is 0.0808 e. The molecule has 2 atom stereocenters. The zero-order valence-electron chi connectivity index (χ0n) is 13.1. The van der Waals surface area contributed by atoms with E-state index in [-0.39, 0.29) is 38.8 Å². The number of aryl methyl sites for hydroxylation is 1. The molecular weight excluding hydrogens is 367 g/mol. The van der Waals surface area contributed by atoms with Gasteiger partial charge in [-0.2, -0.15) is 6.42 Å². The minimum Gasteiger partial charge on any atom is -0.388 e. The summed E-state index contributed by atoms with van der Waals surface area (Å²) < 4.78 is 0. The predicted octanol–water partition coefficient (Wildman–Crippen LogP) is 4.13. The standard InChI is InChI=1S/C18H24NOS.Y/c1-2-3-4-5-10-19-16(12-18(19)21)14-6-8-15-13(11-14)7-9-17(15)20;/h6,8,11,16-17,20H,1-5,7,9-10,12H2;/q-1;/t16-,17?;/m1./s1. The zero-order chi connectivity index (χ0) is 14.8. The molecule has 0 spiro atoms. The minimum atomic E-state index is -0.254. The van der Waals surface area contributed by atoms with Gasteiger partial charge in [0.15, 0.2) is 0 Å². The van der Waals surface area contributed by atoms with Gasteiger partial charge in [-0.25, -0.2) is 0 Å². The van der Waals surface area contributed by atoms with Crippen molar-refractivity contribution in [2.75, 3.05) is 6.54 Å². The third-order valence-corrected chi connectivity index (χ3v) is 5.21. The van der Waals surface area contributed by atoms with Crippen LogP contribution in [0.5, 0.6) is 0 Å². The molecule has 2 aliphatic rings. The predicted molar refractivity (Wildman–Crippen MR) is 90.2 cm³/mol. The first-order valence-electron chi connectivity index (χ1n) is 8.10. The molecule has 1 fully saturated rings. The van der Waals surface area contributed by atoms with Crippen LogP contribution in [0.2, 0.25) is 0 Å². The number of hydrogen-bond acceptors (Lipinski definition) is 2. The molecule has 1 aliphatic carbocycles. The van der Waals surface area contributed by atoms with Crippen LogP contribution in [0.15, 0.2) is 18.2 Å². The van der Waals surface area contributed by atoms with Crippen LogP contribution in [0, 0.1) is 6.92 Å². The first-order chi connectivity index (χ1) is 10.2. The Morgan fingerprint density at radius 1 is 1.27 bits per heavy atom. The Bertz CT molecular complexity index is 534. The van der Waals surface area contributed by atoms with Crippen molar-refractivity contribution in [1.82, 2.24) is 4.90 Å². The van der Waals surface area contributed by atoms with Crippen molar-refractivity contribution >= 4 is 17.2 Å². The summed E-state index contributed by atoms with van der Waals surface area (Å²) in [6, 6.07) is 7.05. The van der Waals surface area contributed by atoms with Crippen LogP contribution in [0.25, 0.3) is 0 Å². The molecule has 1 radical (unpaired) electrons. The normalized spacial score (nSPS) is 23.0. The van der Waals surface area contributed by atoms with E-state index < -0.39 is 0 Å². The quantitative estimate of drug-likeness (QED) is 0.448. The van der Waals surface area contributed by atoms with E-state index >= 15 is 0 Å². The number of aliphatic hydroxyl groups is 1. The van der Waals surface area contributed by atoms with E-state index in [2.05, 4.69) is 30.0 Å². The summed E-state index contributed by atoms with van der Waals surface area (Å²) in [4.78, 5) is 3.49. The van der Waals surface area contributed by atoms with Crippen LogP contribution < -0.4 is 0 Å². The summed E-state index contributed by atoms with van der Waals surface area (Å²) in [5.41, 5.74) is 3.83. The monoisotopic (exact) mass is 391 g/mol. The van der Waals surface area contributed by atoms with Crippen LogP contribution in [0.4, 0.5) is 0 Å². The Labute approximate surface area is 164 Å². The fourth-order valence-corrected chi connectivity index (χ4v) is 3.87. The topological polar surface area (TPSA) is 23.5 Å². The summed E-state index contributed by atoms with van der Waals surface area (Å²) in [5, 5.41) is 9.91. The zero-order valence-corrected chi connectivity index (χ0v) is 16.8. The average Bonchev–Trinajstić information content (AvgIpc) is 2.85. The third kappa shape index (κ3) is 3.80. The van der Waals surface area contributed by atoms with E-state index in [4.69, 9.17) is 12.2 Å². The molecule has 1 N–H and O–H groups in total. The molecule has 1 unspecified atom stereocenters. The molecule has 0 aromatic heterocycles. The largest absolute Gasteiger partial charge is 0.388 e. The summed E-state index contributed by atoms with van der Waals surface area (Å²) in [5.74, 6) is 0. The van der Waals surface area contributed by atoms with Crippen LogP contribution in [0.3, 0.4) is 0 Å². The summed E-state index contributed by atoms with van der Waals surface area (Å²) >= 11 is 5.45. The van der Waals surface area contributed by atoms with Gasteiger partial charge < -0.3 is 16.9 Å². The number of nitrogens with zero attached hydrogens (tertiary/aromatic N) is 1. The summed E-state index contributed by atoms with van der Waals surface area (Å²) in [6.45, 7) is 4.97. The number of hydrogen-bond donors (Lipinski definition) is 1. The Morgan fingerprint density at radius 3 is 2.82 bits per heavy atom. The Morgan fingerprint density at radius 2 is 2.09 bits per heavy atom. The molecule has 117 valence electrons. The van der Waals surface area contributed by atoms with Crippen molar-refractivity contribution in [3.05, 3.63) is 41.8 Å². The van der Waals surface area contributed by atoms with Crippen LogP contribution in [-0.4, -0.2) is 21.5 Å². The Hall–Kier alpha value is 0.174. The van der Waals surface area contributed by atoms with E-state index in [1.165, 1.54) is 30.4 Å². The summed E-state index contributed by atoms with van der Waals surface area (Å²) in [7, 11) is 0. The van der Waals surface area contributed by atoms with Crippen LogP contribution in [0.1, 0.15) is 67.4 Å². The maximum absolute atomic E-state index is 9.91. The number of benzene rings is 1. The van der Waals surface area contributed by atoms with Gasteiger partial charge in [0.25, 0.3) is 0 Å². The van der Waals surface area contributed by atoms with Gasteiger partial charge in [-0.1, -0.05) is 43.3 Å². The number of aliphatic hydroxyl groups excluding tert-OH is 1. The molecule has 1 aliphatic heterocycles. The Kier molecular flexibility index (Phi) is 7.00. The van der Waals surface area contributed by atoms with Gasteiger partial charge in [-0.3, -0.25) is 0 Å². The number of rotatable bonds is 6. The van der Waals surface area contributed by atoms with Gasteiger partial charge in [-0.05, 0) is 36.0 Å². The van der Waals surface area contributed by atoms with Gasteiger partial charge in [0.2, 0.25) is 0 Å². The second-order valence-corrected chi connectivity index (χ2v) is 6.71. The van der Waals surface area contributed by atoms with Crippen LogP contribution in [-0.2, 0) is 39.1 Å². The van der Waals surface area contributed by atoms with Crippen molar-refractivity contribution in [1.29, 1.82) is 0 Å². The molecule has 4 heteroatoms. The van der Waals surface area contributed by atoms with Crippen LogP contribution >= 0.6 is 12.2 Å². The number of likely N-dealkylation sites (tertiary alicyclic amines) is 1. The minimum absolute atomic E-state index is 0. The first-order valence-corrected chi connectivity index (χ1v) is 8.51. The van der Waals surface area contributed by atoms with Crippen molar-refractivity contribution in [2.24, 2.45) is 0 Å². The molecule has 22 heavy (non-hydrogen) atoms. The fourth-order valence-electron chi connectivity index (χ4n) is 3.49. The molecule has 0 amide bonds. The third-order valence-electron chi connectivity index (χ3n) is 4.81.